The second kappa shape index (κ2) is 5.28. The van der Waals surface area contributed by atoms with Crippen molar-refractivity contribution in [1.29, 1.82) is 0 Å². The number of amides is 1. The summed E-state index contributed by atoms with van der Waals surface area (Å²) in [5, 5.41) is 2.73. The number of rotatable bonds is 4. The number of hydrogen-bond donors (Lipinski definition) is 3. The summed E-state index contributed by atoms with van der Waals surface area (Å²) in [4.78, 5) is 26.5. The molecule has 7 nitrogen and oxygen atoms in total. The van der Waals surface area contributed by atoms with E-state index in [0.29, 0.717) is 17.6 Å². The molecule has 0 aliphatic heterocycles. The Morgan fingerprint density at radius 2 is 2.39 bits per heavy atom. The zero-order valence-electron chi connectivity index (χ0n) is 9.77. The van der Waals surface area contributed by atoms with Crippen LogP contribution in [0.25, 0.3) is 11.2 Å². The predicted octanol–water partition coefficient (Wildman–Crippen LogP) is 1.07. The van der Waals surface area contributed by atoms with E-state index in [1.807, 2.05) is 6.92 Å². The van der Waals surface area contributed by atoms with Crippen molar-refractivity contribution in [2.45, 2.75) is 25.8 Å². The molecule has 0 bridgehead atoms. The number of fused-ring (bicyclic) bond motifs is 1. The molecule has 0 aliphatic rings. The Morgan fingerprint density at radius 1 is 1.61 bits per heavy atom. The molecule has 2 aromatic rings. The van der Waals surface area contributed by atoms with Gasteiger partial charge < -0.3 is 10.7 Å². The highest BCUT2D eigenvalue weighted by atomic mass is 35.5. The van der Waals surface area contributed by atoms with E-state index in [1.165, 1.54) is 6.33 Å². The van der Waals surface area contributed by atoms with Crippen molar-refractivity contribution in [3.63, 3.8) is 0 Å². The molecule has 2 rings (SSSR count). The minimum atomic E-state index is -0.577. The van der Waals surface area contributed by atoms with Gasteiger partial charge in [0.15, 0.2) is 10.8 Å². The van der Waals surface area contributed by atoms with Crippen LogP contribution in [0.2, 0.25) is 5.15 Å². The topological polar surface area (TPSA) is 110 Å². The van der Waals surface area contributed by atoms with Gasteiger partial charge in [-0.3, -0.25) is 10.1 Å². The molecular weight excluding hydrogens is 256 g/mol. The van der Waals surface area contributed by atoms with Crippen LogP contribution in [0.15, 0.2) is 6.33 Å². The molecular formula is C10H13ClN6O. The molecule has 18 heavy (non-hydrogen) atoms. The number of aromatic nitrogens is 4. The Kier molecular flexibility index (Phi) is 3.73. The van der Waals surface area contributed by atoms with Gasteiger partial charge in [-0.1, -0.05) is 24.9 Å². The zero-order valence-corrected chi connectivity index (χ0v) is 10.5. The summed E-state index contributed by atoms with van der Waals surface area (Å²) >= 11 is 5.92. The maximum absolute atomic E-state index is 11.7. The number of nitrogens with two attached hydrogens (primary N) is 1. The maximum atomic E-state index is 11.7. The van der Waals surface area contributed by atoms with Gasteiger partial charge in [0.2, 0.25) is 11.9 Å². The van der Waals surface area contributed by atoms with Gasteiger partial charge in [0.25, 0.3) is 0 Å². The normalized spacial score (nSPS) is 12.6. The molecule has 8 heteroatoms. The number of hydrogen-bond acceptors (Lipinski definition) is 5. The van der Waals surface area contributed by atoms with Gasteiger partial charge >= 0.3 is 0 Å². The Labute approximate surface area is 108 Å². The van der Waals surface area contributed by atoms with E-state index in [0.717, 1.165) is 6.42 Å². The number of halogens is 1. The number of imidazole rings is 1. The lowest BCUT2D eigenvalue weighted by Crippen LogP contribution is -2.35. The Balaban J connectivity index is 2.19. The first-order chi connectivity index (χ1) is 8.61. The minimum Gasteiger partial charge on any atom is -0.341 e. The van der Waals surface area contributed by atoms with Gasteiger partial charge in [-0.2, -0.15) is 9.97 Å². The number of H-pyrrole nitrogens is 1. The van der Waals surface area contributed by atoms with E-state index >= 15 is 0 Å². The number of nitrogens with one attached hydrogen (secondary N) is 2. The lowest BCUT2D eigenvalue weighted by atomic mass is 10.2. The van der Waals surface area contributed by atoms with E-state index in [-0.39, 0.29) is 17.0 Å². The number of carbonyl (C=O) groups excluding carboxylic acids is 1. The minimum absolute atomic E-state index is 0.108. The van der Waals surface area contributed by atoms with Crippen LogP contribution in [-0.4, -0.2) is 31.9 Å². The third-order valence-corrected chi connectivity index (χ3v) is 2.69. The number of carbonyl (C=O) groups is 1. The predicted molar refractivity (Wildman–Crippen MR) is 68.2 cm³/mol. The van der Waals surface area contributed by atoms with Crippen molar-refractivity contribution in [3.8, 4) is 0 Å². The molecule has 0 aliphatic carbocycles. The number of aromatic amines is 1. The highest BCUT2D eigenvalue weighted by Crippen LogP contribution is 2.18. The lowest BCUT2D eigenvalue weighted by Gasteiger charge is -2.09. The third kappa shape index (κ3) is 2.57. The molecule has 2 heterocycles. The van der Waals surface area contributed by atoms with Crippen LogP contribution >= 0.6 is 11.6 Å². The van der Waals surface area contributed by atoms with Crippen LogP contribution in [0.4, 0.5) is 5.95 Å². The zero-order chi connectivity index (χ0) is 13.1. The highest BCUT2D eigenvalue weighted by Gasteiger charge is 2.15. The lowest BCUT2D eigenvalue weighted by molar-refractivity contribution is -0.117. The summed E-state index contributed by atoms with van der Waals surface area (Å²) < 4.78 is 0. The Hall–Kier alpha value is -1.73. The standard InChI is InChI=1S/C10H13ClN6O/c1-2-3-5(12)9(18)17-10-15-7(11)6-8(16-10)14-4-13-6/h4-5H,2-3,12H2,1H3,(H2,13,14,15,16,17,18). The molecule has 1 unspecified atom stereocenters. The van der Waals surface area contributed by atoms with Crippen molar-refractivity contribution in [2.75, 3.05) is 5.32 Å². The smallest absolute Gasteiger partial charge is 0.243 e. The summed E-state index contributed by atoms with van der Waals surface area (Å²) in [5.74, 6) is -0.223. The van der Waals surface area contributed by atoms with Crippen LogP contribution in [-0.2, 0) is 4.79 Å². The molecule has 4 N–H and O–H groups in total. The summed E-state index contributed by atoms with van der Waals surface area (Å²) in [5.41, 5.74) is 6.62. The van der Waals surface area contributed by atoms with E-state index in [4.69, 9.17) is 17.3 Å². The van der Waals surface area contributed by atoms with Crippen LogP contribution in [0.5, 0.6) is 0 Å². The average molecular weight is 269 g/mol. The fourth-order valence-corrected chi connectivity index (χ4v) is 1.72. The first-order valence-electron chi connectivity index (χ1n) is 5.55. The van der Waals surface area contributed by atoms with Crippen molar-refractivity contribution in [2.24, 2.45) is 5.73 Å². The number of nitrogens with zero attached hydrogens (tertiary/aromatic N) is 3. The number of anilines is 1. The first kappa shape index (κ1) is 12.7. The molecule has 0 fully saturated rings. The van der Waals surface area contributed by atoms with E-state index < -0.39 is 6.04 Å². The molecule has 0 radical (unpaired) electrons. The van der Waals surface area contributed by atoms with Gasteiger partial charge in [-0.05, 0) is 6.42 Å². The fraction of sp³-hybridized carbons (Fsp3) is 0.400. The summed E-state index contributed by atoms with van der Waals surface area (Å²) in [6.45, 7) is 1.95. The Bertz CT molecular complexity index is 568. The Morgan fingerprint density at radius 3 is 3.11 bits per heavy atom. The second-order valence-corrected chi connectivity index (χ2v) is 4.18. The van der Waals surface area contributed by atoms with Crippen LogP contribution in [0.3, 0.4) is 0 Å². The van der Waals surface area contributed by atoms with Crippen LogP contribution < -0.4 is 11.1 Å². The highest BCUT2D eigenvalue weighted by molar-refractivity contribution is 6.33. The van der Waals surface area contributed by atoms with Gasteiger partial charge in [-0.15, -0.1) is 0 Å². The molecule has 0 saturated heterocycles. The van der Waals surface area contributed by atoms with Gasteiger partial charge in [0, 0.05) is 0 Å². The second-order valence-electron chi connectivity index (χ2n) is 3.82. The van der Waals surface area contributed by atoms with Crippen molar-refractivity contribution in [1.82, 2.24) is 19.9 Å². The average Bonchev–Trinajstić information content (AvgIpc) is 2.77. The van der Waals surface area contributed by atoms with Crippen LogP contribution in [0.1, 0.15) is 19.8 Å². The van der Waals surface area contributed by atoms with E-state index in [9.17, 15) is 4.79 Å². The van der Waals surface area contributed by atoms with Crippen molar-refractivity contribution < 1.29 is 4.79 Å². The molecule has 0 aromatic carbocycles. The monoisotopic (exact) mass is 268 g/mol. The molecule has 2 aromatic heterocycles. The summed E-state index contributed by atoms with van der Waals surface area (Å²) in [7, 11) is 0. The molecule has 1 amide bonds. The molecule has 1 atom stereocenters. The fourth-order valence-electron chi connectivity index (χ4n) is 1.50. The van der Waals surface area contributed by atoms with E-state index in [2.05, 4.69) is 25.3 Å². The first-order valence-corrected chi connectivity index (χ1v) is 5.92. The van der Waals surface area contributed by atoms with E-state index in [1.54, 1.807) is 0 Å². The molecule has 96 valence electrons. The largest absolute Gasteiger partial charge is 0.341 e. The third-order valence-electron chi connectivity index (χ3n) is 2.41. The summed E-state index contributed by atoms with van der Waals surface area (Å²) in [6, 6.07) is -0.577. The SMILES string of the molecule is CCCC(N)C(=O)Nc1nc(Cl)c2[nH]cnc2n1. The van der Waals surface area contributed by atoms with Crippen LogP contribution in [0, 0.1) is 0 Å². The summed E-state index contributed by atoms with van der Waals surface area (Å²) in [6.07, 6.45) is 2.89. The van der Waals surface area contributed by atoms with Gasteiger partial charge in [0.05, 0.1) is 12.4 Å². The van der Waals surface area contributed by atoms with Crippen molar-refractivity contribution >= 4 is 34.6 Å². The van der Waals surface area contributed by atoms with Gasteiger partial charge in [-0.25, -0.2) is 4.98 Å². The van der Waals surface area contributed by atoms with Crippen molar-refractivity contribution in [3.05, 3.63) is 11.5 Å². The maximum Gasteiger partial charge on any atom is 0.243 e. The molecule has 0 saturated carbocycles. The molecule has 0 spiro atoms. The quantitative estimate of drug-likeness (QED) is 0.719. The van der Waals surface area contributed by atoms with Gasteiger partial charge in [0.1, 0.15) is 5.52 Å².